The topological polar surface area (TPSA) is 55.4 Å². The molecule has 6 heteroatoms. The van der Waals surface area contributed by atoms with E-state index >= 15 is 0 Å². The normalized spacial score (nSPS) is 12.3. The highest BCUT2D eigenvalue weighted by Gasteiger charge is 2.15. The van der Waals surface area contributed by atoms with Crippen LogP contribution >= 0.6 is 22.9 Å². The number of carbonyl (C=O) groups excluding carboxylic acids is 2. The number of rotatable bonds is 6. The molecular formula is C17H16ClNO3S. The summed E-state index contributed by atoms with van der Waals surface area (Å²) in [6.07, 6.45) is 3.55. The van der Waals surface area contributed by atoms with Gasteiger partial charge in [-0.05, 0) is 19.1 Å². The minimum atomic E-state index is -0.870. The number of halogens is 1. The van der Waals surface area contributed by atoms with E-state index in [1.54, 1.807) is 12.2 Å². The Morgan fingerprint density at radius 3 is 2.87 bits per heavy atom. The average molecular weight is 350 g/mol. The number of esters is 1. The highest BCUT2D eigenvalue weighted by atomic mass is 35.5. The maximum atomic E-state index is 11.8. The molecule has 120 valence electrons. The van der Waals surface area contributed by atoms with E-state index in [0.29, 0.717) is 11.6 Å². The van der Waals surface area contributed by atoms with E-state index in [0.717, 1.165) is 15.0 Å². The molecule has 23 heavy (non-hydrogen) atoms. The van der Waals surface area contributed by atoms with Gasteiger partial charge in [-0.15, -0.1) is 17.9 Å². The summed E-state index contributed by atoms with van der Waals surface area (Å²) in [6.45, 7) is 5.33. The van der Waals surface area contributed by atoms with Crippen LogP contribution in [0.25, 0.3) is 16.2 Å². The first kappa shape index (κ1) is 17.2. The van der Waals surface area contributed by atoms with Crippen LogP contribution in [0.15, 0.2) is 43.0 Å². The van der Waals surface area contributed by atoms with E-state index in [1.807, 2.05) is 24.3 Å². The lowest BCUT2D eigenvalue weighted by molar-refractivity contribution is -0.150. The van der Waals surface area contributed by atoms with Crippen molar-refractivity contribution >= 4 is 51.0 Å². The van der Waals surface area contributed by atoms with Crippen LogP contribution in [0.2, 0.25) is 5.02 Å². The van der Waals surface area contributed by atoms with Gasteiger partial charge in [0, 0.05) is 27.6 Å². The van der Waals surface area contributed by atoms with Gasteiger partial charge >= 0.3 is 5.97 Å². The van der Waals surface area contributed by atoms with Crippen molar-refractivity contribution in [1.29, 1.82) is 0 Å². The quantitative estimate of drug-likeness (QED) is 0.490. The molecule has 0 spiro atoms. The Morgan fingerprint density at radius 1 is 1.43 bits per heavy atom. The van der Waals surface area contributed by atoms with Crippen LogP contribution in [0.5, 0.6) is 0 Å². The SMILES string of the molecule is C=CCNC(=O)C(C)OC(=O)C=Cc1sc2ccccc2c1Cl. The minimum absolute atomic E-state index is 0.327. The smallest absolute Gasteiger partial charge is 0.331 e. The number of hydrogen-bond donors (Lipinski definition) is 1. The summed E-state index contributed by atoms with van der Waals surface area (Å²) >= 11 is 7.77. The van der Waals surface area contributed by atoms with Gasteiger partial charge in [-0.25, -0.2) is 4.79 Å². The molecule has 1 amide bonds. The van der Waals surface area contributed by atoms with Crippen molar-refractivity contribution < 1.29 is 14.3 Å². The maximum Gasteiger partial charge on any atom is 0.331 e. The van der Waals surface area contributed by atoms with Crippen LogP contribution in [0.1, 0.15) is 11.8 Å². The summed E-state index contributed by atoms with van der Waals surface area (Å²) in [5.74, 6) is -0.966. The lowest BCUT2D eigenvalue weighted by Crippen LogP contribution is -2.35. The Balaban J connectivity index is 2.01. The van der Waals surface area contributed by atoms with Crippen LogP contribution in [0.3, 0.4) is 0 Å². The highest BCUT2D eigenvalue weighted by molar-refractivity contribution is 7.20. The number of amides is 1. The van der Waals surface area contributed by atoms with E-state index in [4.69, 9.17) is 16.3 Å². The first-order chi connectivity index (χ1) is 11.0. The van der Waals surface area contributed by atoms with Crippen molar-refractivity contribution in [2.45, 2.75) is 13.0 Å². The van der Waals surface area contributed by atoms with Gasteiger partial charge in [0.05, 0.1) is 5.02 Å². The molecule has 0 saturated carbocycles. The van der Waals surface area contributed by atoms with Gasteiger partial charge in [-0.1, -0.05) is 35.9 Å². The minimum Gasteiger partial charge on any atom is -0.449 e. The van der Waals surface area contributed by atoms with Crippen molar-refractivity contribution in [3.05, 3.63) is 52.9 Å². The summed E-state index contributed by atoms with van der Waals surface area (Å²) in [5.41, 5.74) is 0. The van der Waals surface area contributed by atoms with Crippen molar-refractivity contribution in [3.63, 3.8) is 0 Å². The Labute approximate surface area is 143 Å². The molecule has 1 aromatic carbocycles. The molecule has 1 aromatic heterocycles. The molecule has 1 unspecified atom stereocenters. The van der Waals surface area contributed by atoms with Gasteiger partial charge < -0.3 is 10.1 Å². The third-order valence-electron chi connectivity index (χ3n) is 3.01. The van der Waals surface area contributed by atoms with Gasteiger partial charge in [-0.3, -0.25) is 4.79 Å². The zero-order valence-corrected chi connectivity index (χ0v) is 14.1. The molecule has 2 rings (SSSR count). The molecular weight excluding hydrogens is 334 g/mol. The van der Waals surface area contributed by atoms with Crippen molar-refractivity contribution in [2.24, 2.45) is 0 Å². The molecule has 4 nitrogen and oxygen atoms in total. The first-order valence-corrected chi connectivity index (χ1v) is 8.16. The maximum absolute atomic E-state index is 11.8. The van der Waals surface area contributed by atoms with Crippen LogP contribution < -0.4 is 5.32 Å². The lowest BCUT2D eigenvalue weighted by atomic mass is 10.2. The summed E-state index contributed by atoms with van der Waals surface area (Å²) in [7, 11) is 0. The fraction of sp³-hybridized carbons (Fsp3) is 0.176. The third kappa shape index (κ3) is 4.43. The standard InChI is InChI=1S/C17H16ClNO3S/c1-3-10-19-17(21)11(2)22-15(20)9-8-14-16(18)12-6-4-5-7-13(12)23-14/h3-9,11H,1,10H2,2H3,(H,19,21). The molecule has 1 heterocycles. The second-order valence-electron chi connectivity index (χ2n) is 4.72. The van der Waals surface area contributed by atoms with E-state index in [-0.39, 0.29) is 5.91 Å². The molecule has 0 saturated heterocycles. The largest absolute Gasteiger partial charge is 0.449 e. The predicted octanol–water partition coefficient (Wildman–Crippen LogP) is 3.80. The first-order valence-electron chi connectivity index (χ1n) is 6.97. The molecule has 0 radical (unpaired) electrons. The van der Waals surface area contributed by atoms with Gasteiger partial charge in [0.25, 0.3) is 5.91 Å². The van der Waals surface area contributed by atoms with Crippen LogP contribution in [-0.2, 0) is 14.3 Å². The average Bonchev–Trinajstić information content (AvgIpc) is 2.87. The summed E-state index contributed by atoms with van der Waals surface area (Å²) in [6, 6.07) is 7.73. The third-order valence-corrected chi connectivity index (χ3v) is 4.67. The van der Waals surface area contributed by atoms with E-state index in [9.17, 15) is 9.59 Å². The Kier molecular flexibility index (Phi) is 5.96. The molecule has 0 aliphatic rings. The molecule has 2 aromatic rings. The fourth-order valence-corrected chi connectivity index (χ4v) is 3.27. The molecule has 0 aliphatic heterocycles. The van der Waals surface area contributed by atoms with Gasteiger partial charge in [0.1, 0.15) is 0 Å². The molecule has 1 N–H and O–H groups in total. The van der Waals surface area contributed by atoms with Crippen molar-refractivity contribution in [2.75, 3.05) is 6.54 Å². The Hall–Kier alpha value is -2.11. The molecule has 1 atom stereocenters. The van der Waals surface area contributed by atoms with Gasteiger partial charge in [0.15, 0.2) is 6.10 Å². The van der Waals surface area contributed by atoms with Crippen molar-refractivity contribution in [1.82, 2.24) is 5.32 Å². The van der Waals surface area contributed by atoms with Crippen LogP contribution in [0, 0.1) is 0 Å². The van der Waals surface area contributed by atoms with E-state index < -0.39 is 12.1 Å². The summed E-state index contributed by atoms with van der Waals surface area (Å²) in [4.78, 5) is 24.2. The number of benzene rings is 1. The summed E-state index contributed by atoms with van der Waals surface area (Å²) < 4.78 is 6.08. The van der Waals surface area contributed by atoms with E-state index in [1.165, 1.54) is 24.3 Å². The number of hydrogen-bond acceptors (Lipinski definition) is 4. The number of thiophene rings is 1. The fourth-order valence-electron chi connectivity index (χ4n) is 1.87. The zero-order chi connectivity index (χ0) is 16.8. The van der Waals surface area contributed by atoms with Crippen LogP contribution in [-0.4, -0.2) is 24.5 Å². The highest BCUT2D eigenvalue weighted by Crippen LogP contribution is 2.35. The van der Waals surface area contributed by atoms with Crippen molar-refractivity contribution in [3.8, 4) is 0 Å². The van der Waals surface area contributed by atoms with E-state index in [2.05, 4.69) is 11.9 Å². The summed E-state index contributed by atoms with van der Waals surface area (Å²) in [5, 5.41) is 4.11. The number of carbonyl (C=O) groups is 2. The number of fused-ring (bicyclic) bond motifs is 1. The molecule has 0 aliphatic carbocycles. The second-order valence-corrected chi connectivity index (χ2v) is 6.18. The Bertz CT molecular complexity index is 766. The lowest BCUT2D eigenvalue weighted by Gasteiger charge is -2.10. The molecule has 0 fully saturated rings. The Morgan fingerprint density at radius 2 is 2.17 bits per heavy atom. The second kappa shape index (κ2) is 7.94. The van der Waals surface area contributed by atoms with Gasteiger partial charge in [-0.2, -0.15) is 0 Å². The predicted molar refractivity (Wildman–Crippen MR) is 94.6 cm³/mol. The number of ether oxygens (including phenoxy) is 1. The monoisotopic (exact) mass is 349 g/mol. The number of nitrogens with one attached hydrogen (secondary N) is 1. The zero-order valence-electron chi connectivity index (χ0n) is 12.5. The van der Waals surface area contributed by atoms with Gasteiger partial charge in [0.2, 0.25) is 0 Å². The van der Waals surface area contributed by atoms with Crippen LogP contribution in [0.4, 0.5) is 0 Å². The molecule has 0 bridgehead atoms.